The number of allylic oxidation sites excluding steroid dienone is 1. The maximum atomic E-state index is 5.33. The van der Waals surface area contributed by atoms with Gasteiger partial charge in [-0.1, -0.05) is 30.4 Å². The number of hydrogen-bond donors (Lipinski definition) is 2. The van der Waals surface area contributed by atoms with E-state index in [0.717, 1.165) is 54.9 Å². The van der Waals surface area contributed by atoms with Crippen LogP contribution in [0.1, 0.15) is 59.3 Å². The number of nitrogens with one attached hydrogen (secondary N) is 2. The lowest BCUT2D eigenvalue weighted by molar-refractivity contribution is 0.675. The van der Waals surface area contributed by atoms with Crippen molar-refractivity contribution in [2.45, 2.75) is 57.8 Å². The Morgan fingerprint density at radius 2 is 1.39 bits per heavy atom. The van der Waals surface area contributed by atoms with Gasteiger partial charge in [-0.15, -0.1) is 0 Å². The zero-order chi connectivity index (χ0) is 20.4. The number of hydrogen-bond acceptors (Lipinski definition) is 3. The van der Waals surface area contributed by atoms with Crippen LogP contribution < -0.4 is 0 Å². The lowest BCUT2D eigenvalue weighted by Crippen LogP contribution is -2.06. The molecular weight excluding hydrogens is 382 g/mol. The summed E-state index contributed by atoms with van der Waals surface area (Å²) in [5.41, 5.74) is 12.0. The summed E-state index contributed by atoms with van der Waals surface area (Å²) in [5.74, 6) is 0. The summed E-state index contributed by atoms with van der Waals surface area (Å²) in [6, 6.07) is 6.64. The minimum absolute atomic E-state index is 0.963. The minimum Gasteiger partial charge on any atom is -0.282 e. The largest absolute Gasteiger partial charge is 0.282 e. The van der Waals surface area contributed by atoms with Gasteiger partial charge in [0, 0.05) is 33.5 Å². The van der Waals surface area contributed by atoms with E-state index in [4.69, 9.17) is 15.2 Å². The first-order valence-corrected chi connectivity index (χ1v) is 11.6. The molecule has 5 nitrogen and oxygen atoms in total. The number of aryl methyl sites for hydroxylation is 2. The Morgan fingerprint density at radius 1 is 0.710 bits per heavy atom. The predicted molar refractivity (Wildman–Crippen MR) is 123 cm³/mol. The molecule has 0 saturated carbocycles. The highest BCUT2D eigenvalue weighted by atomic mass is 15.1. The molecule has 1 aromatic carbocycles. The summed E-state index contributed by atoms with van der Waals surface area (Å²) >= 11 is 0. The number of fused-ring (bicyclic) bond motifs is 2. The van der Waals surface area contributed by atoms with Gasteiger partial charge in [-0.25, -0.2) is 4.98 Å². The molecule has 0 spiro atoms. The van der Waals surface area contributed by atoms with E-state index in [0.29, 0.717) is 0 Å². The highest BCUT2D eigenvalue weighted by Crippen LogP contribution is 2.42. The van der Waals surface area contributed by atoms with Crippen molar-refractivity contribution in [2.24, 2.45) is 0 Å². The van der Waals surface area contributed by atoms with E-state index in [1.165, 1.54) is 70.1 Å². The monoisotopic (exact) mass is 407 g/mol. The lowest BCUT2D eigenvalue weighted by Gasteiger charge is -2.19. The van der Waals surface area contributed by atoms with Gasteiger partial charge in [-0.3, -0.25) is 10.2 Å². The second kappa shape index (κ2) is 6.64. The summed E-state index contributed by atoms with van der Waals surface area (Å²) < 4.78 is 0. The normalized spacial score (nSPS) is 17.0. The number of benzene rings is 1. The van der Waals surface area contributed by atoms with Crippen LogP contribution in [0.25, 0.3) is 39.6 Å². The Labute approximate surface area is 181 Å². The Morgan fingerprint density at radius 3 is 2.13 bits per heavy atom. The van der Waals surface area contributed by atoms with Gasteiger partial charge in [0.1, 0.15) is 11.4 Å². The molecule has 7 rings (SSSR count). The topological polar surface area (TPSA) is 70.2 Å². The molecule has 0 fully saturated rings. The van der Waals surface area contributed by atoms with Gasteiger partial charge in [0.25, 0.3) is 0 Å². The van der Waals surface area contributed by atoms with E-state index in [9.17, 15) is 0 Å². The van der Waals surface area contributed by atoms with Gasteiger partial charge in [0.15, 0.2) is 0 Å². The van der Waals surface area contributed by atoms with Crippen LogP contribution in [-0.2, 0) is 32.1 Å². The zero-order valence-corrected chi connectivity index (χ0v) is 17.6. The molecule has 31 heavy (non-hydrogen) atoms. The first-order chi connectivity index (χ1) is 15.4. The van der Waals surface area contributed by atoms with Crippen molar-refractivity contribution in [3.8, 4) is 22.8 Å². The highest BCUT2D eigenvalue weighted by Gasteiger charge is 2.27. The second-order valence-corrected chi connectivity index (χ2v) is 9.14. The molecule has 0 aliphatic heterocycles. The fourth-order valence-electron chi connectivity index (χ4n) is 5.82. The van der Waals surface area contributed by atoms with Crippen molar-refractivity contribution < 1.29 is 0 Å². The highest BCUT2D eigenvalue weighted by molar-refractivity contribution is 6.05. The van der Waals surface area contributed by atoms with Crippen LogP contribution in [0.5, 0.6) is 0 Å². The second-order valence-electron chi connectivity index (χ2n) is 9.14. The van der Waals surface area contributed by atoms with E-state index < -0.39 is 0 Å². The number of H-pyrrole nitrogens is 2. The fraction of sp³-hybridized carbons (Fsp3) is 0.346. The van der Waals surface area contributed by atoms with Crippen molar-refractivity contribution in [2.75, 3.05) is 0 Å². The smallest absolute Gasteiger partial charge is 0.115 e. The summed E-state index contributed by atoms with van der Waals surface area (Å²) in [6.07, 6.45) is 14.7. The molecule has 2 N–H and O–H groups in total. The molecule has 154 valence electrons. The van der Waals surface area contributed by atoms with Crippen molar-refractivity contribution in [1.29, 1.82) is 0 Å². The Bertz CT molecular complexity index is 1370. The quantitative estimate of drug-likeness (QED) is 0.471. The Balaban J connectivity index is 1.56. The third kappa shape index (κ3) is 2.52. The molecule has 3 heterocycles. The molecule has 3 aliphatic rings. The zero-order valence-electron chi connectivity index (χ0n) is 17.6. The Kier molecular flexibility index (Phi) is 3.74. The molecule has 0 bridgehead atoms. The van der Waals surface area contributed by atoms with Crippen LogP contribution >= 0.6 is 0 Å². The maximum absolute atomic E-state index is 5.33. The minimum atomic E-state index is 0.963. The maximum Gasteiger partial charge on any atom is 0.115 e. The molecule has 0 amide bonds. The van der Waals surface area contributed by atoms with Crippen molar-refractivity contribution >= 4 is 16.8 Å². The molecule has 0 radical (unpaired) electrons. The van der Waals surface area contributed by atoms with Gasteiger partial charge in [0.05, 0.1) is 11.4 Å². The summed E-state index contributed by atoms with van der Waals surface area (Å²) in [4.78, 5) is 5.33. The fourth-order valence-corrected chi connectivity index (χ4v) is 5.82. The third-order valence-electron chi connectivity index (χ3n) is 7.34. The Hall–Kier alpha value is -3.21. The van der Waals surface area contributed by atoms with Crippen molar-refractivity contribution in [3.05, 3.63) is 57.9 Å². The van der Waals surface area contributed by atoms with Crippen LogP contribution in [-0.4, -0.2) is 25.4 Å². The number of rotatable bonds is 2. The van der Waals surface area contributed by atoms with E-state index in [1.807, 2.05) is 0 Å². The van der Waals surface area contributed by atoms with Crippen molar-refractivity contribution in [3.63, 3.8) is 0 Å². The standard InChI is InChI=1S/C26H25N5/c1-3-13-20-16(9-1)25(30-28-20)23-18-11-5-7-15-8-6-12-19(22(15)18)24(27-23)26-17-10-2-4-14-21(17)29-31-26/h5-7,11-12H,1-4,8-10,13-14H2,(H,28,30)(H,29,31). The van der Waals surface area contributed by atoms with Gasteiger partial charge in [-0.05, 0) is 68.7 Å². The molecule has 0 saturated heterocycles. The van der Waals surface area contributed by atoms with E-state index in [2.05, 4.69) is 40.5 Å². The van der Waals surface area contributed by atoms with E-state index in [-0.39, 0.29) is 0 Å². The molecule has 5 heteroatoms. The van der Waals surface area contributed by atoms with E-state index in [1.54, 1.807) is 0 Å². The number of aromatic nitrogens is 5. The molecule has 4 aromatic rings. The average Bonchev–Trinajstić information content (AvgIpc) is 3.44. The first kappa shape index (κ1) is 17.5. The average molecular weight is 408 g/mol. The molecule has 0 atom stereocenters. The molecule has 3 aromatic heterocycles. The van der Waals surface area contributed by atoms with Crippen LogP contribution in [0.4, 0.5) is 0 Å². The van der Waals surface area contributed by atoms with Crippen molar-refractivity contribution in [1.82, 2.24) is 25.4 Å². The first-order valence-electron chi connectivity index (χ1n) is 11.6. The van der Waals surface area contributed by atoms with Gasteiger partial charge in [0.2, 0.25) is 0 Å². The van der Waals surface area contributed by atoms with Gasteiger partial charge >= 0.3 is 0 Å². The van der Waals surface area contributed by atoms with E-state index >= 15 is 0 Å². The third-order valence-corrected chi connectivity index (χ3v) is 7.34. The van der Waals surface area contributed by atoms with Gasteiger partial charge in [-0.2, -0.15) is 10.2 Å². The summed E-state index contributed by atoms with van der Waals surface area (Å²) in [7, 11) is 0. The number of pyridine rings is 1. The predicted octanol–water partition coefficient (Wildman–Crippen LogP) is 5.34. The molecular formula is C26H25N5. The summed E-state index contributed by atoms with van der Waals surface area (Å²) in [6.45, 7) is 0. The van der Waals surface area contributed by atoms with Crippen LogP contribution in [0.15, 0.2) is 24.3 Å². The summed E-state index contributed by atoms with van der Waals surface area (Å²) in [5, 5.41) is 18.8. The van der Waals surface area contributed by atoms with Crippen LogP contribution in [0, 0.1) is 0 Å². The lowest BCUT2D eigenvalue weighted by atomic mass is 9.87. The SMILES string of the molecule is C1=Cc2c(-c3n[nH]c4c3CCCC4)nc(-c3n[nH]c4c3CCCC4)c3cccc(c23)C1. The number of aromatic amines is 2. The van der Waals surface area contributed by atoms with Gasteiger partial charge < -0.3 is 0 Å². The number of nitrogens with zero attached hydrogens (tertiary/aromatic N) is 3. The molecule has 3 aliphatic carbocycles. The van der Waals surface area contributed by atoms with Crippen LogP contribution in [0.3, 0.4) is 0 Å². The van der Waals surface area contributed by atoms with Crippen LogP contribution in [0.2, 0.25) is 0 Å². The molecule has 0 unspecified atom stereocenters.